The molecule has 19 heavy (non-hydrogen) atoms. The van der Waals surface area contributed by atoms with Crippen LogP contribution in [0.5, 0.6) is 0 Å². The van der Waals surface area contributed by atoms with Gasteiger partial charge < -0.3 is 9.84 Å². The van der Waals surface area contributed by atoms with E-state index >= 15 is 0 Å². The summed E-state index contributed by atoms with van der Waals surface area (Å²) >= 11 is 17.7. The van der Waals surface area contributed by atoms with E-state index in [-0.39, 0.29) is 5.91 Å². The van der Waals surface area contributed by atoms with Gasteiger partial charge in [0, 0.05) is 0 Å². The first-order chi connectivity index (χ1) is 8.90. The van der Waals surface area contributed by atoms with Crippen LogP contribution in [0.3, 0.4) is 0 Å². The largest absolute Gasteiger partial charge is 0.361 e. The van der Waals surface area contributed by atoms with Gasteiger partial charge in [0.1, 0.15) is 11.3 Å². The summed E-state index contributed by atoms with van der Waals surface area (Å²) in [6.07, 6.45) is 0. The van der Waals surface area contributed by atoms with Gasteiger partial charge in [0.15, 0.2) is 0 Å². The molecule has 100 valence electrons. The minimum Gasteiger partial charge on any atom is -0.361 e. The number of amides is 1. The summed E-state index contributed by atoms with van der Waals surface area (Å²) in [4.78, 5) is 12.1. The molecular weight excluding hydrogens is 311 g/mol. The van der Waals surface area contributed by atoms with E-state index in [2.05, 4.69) is 10.5 Å². The summed E-state index contributed by atoms with van der Waals surface area (Å²) < 4.78 is 4.94. The van der Waals surface area contributed by atoms with Crippen LogP contribution in [0.4, 0.5) is 5.69 Å². The number of carbonyl (C=O) groups is 1. The lowest BCUT2D eigenvalue weighted by Gasteiger charge is -2.08. The van der Waals surface area contributed by atoms with Gasteiger partial charge in [-0.1, -0.05) is 40.0 Å². The van der Waals surface area contributed by atoms with Crippen LogP contribution < -0.4 is 5.32 Å². The van der Waals surface area contributed by atoms with Gasteiger partial charge in [-0.2, -0.15) is 0 Å². The third-order valence-corrected chi connectivity index (χ3v) is 3.55. The van der Waals surface area contributed by atoms with Gasteiger partial charge >= 0.3 is 0 Å². The van der Waals surface area contributed by atoms with Crippen molar-refractivity contribution in [3.05, 3.63) is 44.2 Å². The standard InChI is InChI=1S/C12H9Cl3N2O2/c1-5-11(6(2)19-17-5)12(18)16-10-4-8(14)7(13)3-9(10)15/h3-4H,1-2H3,(H,16,18). The molecule has 4 nitrogen and oxygen atoms in total. The van der Waals surface area contributed by atoms with Crippen molar-refractivity contribution in [3.63, 3.8) is 0 Å². The molecular formula is C12H9Cl3N2O2. The highest BCUT2D eigenvalue weighted by molar-refractivity contribution is 6.44. The van der Waals surface area contributed by atoms with E-state index in [1.54, 1.807) is 13.8 Å². The van der Waals surface area contributed by atoms with E-state index < -0.39 is 0 Å². The Morgan fingerprint density at radius 1 is 1.16 bits per heavy atom. The molecule has 7 heteroatoms. The Morgan fingerprint density at radius 3 is 2.37 bits per heavy atom. The fourth-order valence-corrected chi connectivity index (χ4v) is 2.20. The van der Waals surface area contributed by atoms with Crippen molar-refractivity contribution in [3.8, 4) is 0 Å². The monoisotopic (exact) mass is 318 g/mol. The third kappa shape index (κ3) is 2.86. The average Bonchev–Trinajstić information content (AvgIpc) is 2.66. The maximum absolute atomic E-state index is 12.1. The molecule has 0 unspecified atom stereocenters. The molecule has 0 atom stereocenters. The highest BCUT2D eigenvalue weighted by Gasteiger charge is 2.18. The molecule has 0 bridgehead atoms. The van der Waals surface area contributed by atoms with E-state index in [0.29, 0.717) is 37.8 Å². The maximum Gasteiger partial charge on any atom is 0.261 e. The molecule has 1 aromatic carbocycles. The van der Waals surface area contributed by atoms with Crippen molar-refractivity contribution < 1.29 is 9.32 Å². The Balaban J connectivity index is 2.32. The van der Waals surface area contributed by atoms with Crippen LogP contribution in [-0.2, 0) is 0 Å². The normalized spacial score (nSPS) is 10.6. The molecule has 1 amide bonds. The molecule has 1 aromatic heterocycles. The molecule has 0 saturated carbocycles. The number of halogens is 3. The van der Waals surface area contributed by atoms with Gasteiger partial charge in [0.25, 0.3) is 5.91 Å². The molecule has 2 rings (SSSR count). The van der Waals surface area contributed by atoms with E-state index in [4.69, 9.17) is 39.3 Å². The molecule has 0 aliphatic heterocycles. The molecule has 2 aromatic rings. The van der Waals surface area contributed by atoms with Crippen LogP contribution in [0.1, 0.15) is 21.8 Å². The van der Waals surface area contributed by atoms with Crippen LogP contribution in [0.25, 0.3) is 0 Å². The van der Waals surface area contributed by atoms with Crippen molar-refractivity contribution in [2.45, 2.75) is 13.8 Å². The first-order valence-corrected chi connectivity index (χ1v) is 6.42. The SMILES string of the molecule is Cc1noc(C)c1C(=O)Nc1cc(Cl)c(Cl)cc1Cl. The topological polar surface area (TPSA) is 55.1 Å². The fourth-order valence-electron chi connectivity index (χ4n) is 1.61. The zero-order valence-electron chi connectivity index (χ0n) is 10.1. The van der Waals surface area contributed by atoms with Gasteiger partial charge in [-0.25, -0.2) is 0 Å². The number of aromatic nitrogens is 1. The summed E-state index contributed by atoms with van der Waals surface area (Å²) in [5.74, 6) is 0.0720. The summed E-state index contributed by atoms with van der Waals surface area (Å²) in [5, 5.41) is 7.29. The molecule has 0 spiro atoms. The van der Waals surface area contributed by atoms with Gasteiger partial charge in [0.2, 0.25) is 0 Å². The number of carbonyl (C=O) groups excluding carboxylic acids is 1. The first kappa shape index (κ1) is 14.2. The zero-order chi connectivity index (χ0) is 14.2. The summed E-state index contributed by atoms with van der Waals surface area (Å²) in [6, 6.07) is 2.96. The average molecular weight is 320 g/mol. The van der Waals surface area contributed by atoms with Crippen molar-refractivity contribution in [1.29, 1.82) is 0 Å². The molecule has 1 heterocycles. The summed E-state index contributed by atoms with van der Waals surface area (Å²) in [5.41, 5.74) is 1.26. The summed E-state index contributed by atoms with van der Waals surface area (Å²) in [6.45, 7) is 3.34. The van der Waals surface area contributed by atoms with E-state index in [1.807, 2.05) is 0 Å². The Hall–Kier alpha value is -1.23. The highest BCUT2D eigenvalue weighted by Crippen LogP contribution is 2.32. The van der Waals surface area contributed by atoms with E-state index in [1.165, 1.54) is 12.1 Å². The Morgan fingerprint density at radius 2 is 1.79 bits per heavy atom. The second-order valence-corrected chi connectivity index (χ2v) is 5.12. The van der Waals surface area contributed by atoms with Gasteiger partial charge in [-0.15, -0.1) is 0 Å². The Kier molecular flexibility index (Phi) is 4.04. The number of aryl methyl sites for hydroxylation is 2. The number of hydrogen-bond acceptors (Lipinski definition) is 3. The quantitative estimate of drug-likeness (QED) is 0.829. The smallest absolute Gasteiger partial charge is 0.261 e. The van der Waals surface area contributed by atoms with Crippen LogP contribution >= 0.6 is 34.8 Å². The fraction of sp³-hybridized carbons (Fsp3) is 0.167. The van der Waals surface area contributed by atoms with Crippen molar-refractivity contribution in [1.82, 2.24) is 5.16 Å². The van der Waals surface area contributed by atoms with Gasteiger partial charge in [-0.05, 0) is 26.0 Å². The summed E-state index contributed by atoms with van der Waals surface area (Å²) in [7, 11) is 0. The van der Waals surface area contributed by atoms with Crippen molar-refractivity contribution in [2.24, 2.45) is 0 Å². The van der Waals surface area contributed by atoms with Gasteiger partial charge in [-0.3, -0.25) is 4.79 Å². The molecule has 0 fully saturated rings. The molecule has 1 N–H and O–H groups in total. The number of anilines is 1. The lowest BCUT2D eigenvalue weighted by Crippen LogP contribution is -2.14. The number of nitrogens with one attached hydrogen (secondary N) is 1. The number of hydrogen-bond donors (Lipinski definition) is 1. The second-order valence-electron chi connectivity index (χ2n) is 3.90. The Labute approximate surface area is 124 Å². The maximum atomic E-state index is 12.1. The van der Waals surface area contributed by atoms with E-state index in [9.17, 15) is 4.79 Å². The zero-order valence-corrected chi connectivity index (χ0v) is 12.3. The van der Waals surface area contributed by atoms with Crippen LogP contribution in [0.15, 0.2) is 16.7 Å². The molecule has 0 aliphatic carbocycles. The molecule has 0 aliphatic rings. The van der Waals surface area contributed by atoms with Crippen LogP contribution in [0, 0.1) is 13.8 Å². The molecule has 0 saturated heterocycles. The first-order valence-electron chi connectivity index (χ1n) is 5.29. The predicted molar refractivity (Wildman–Crippen MR) is 75.4 cm³/mol. The second kappa shape index (κ2) is 5.41. The van der Waals surface area contributed by atoms with Crippen molar-refractivity contribution in [2.75, 3.05) is 5.32 Å². The van der Waals surface area contributed by atoms with Gasteiger partial charge in [0.05, 0.1) is 26.4 Å². The number of benzene rings is 1. The minimum absolute atomic E-state index is 0.300. The number of rotatable bonds is 2. The Bertz CT molecular complexity index is 633. The van der Waals surface area contributed by atoms with E-state index in [0.717, 1.165) is 0 Å². The highest BCUT2D eigenvalue weighted by atomic mass is 35.5. The minimum atomic E-state index is -0.364. The predicted octanol–water partition coefficient (Wildman–Crippen LogP) is 4.50. The molecule has 0 radical (unpaired) electrons. The lowest BCUT2D eigenvalue weighted by molar-refractivity contribution is 0.102. The number of nitrogens with zero attached hydrogens (tertiary/aromatic N) is 1. The lowest BCUT2D eigenvalue weighted by atomic mass is 10.2. The van der Waals surface area contributed by atoms with Crippen LogP contribution in [0.2, 0.25) is 15.1 Å². The van der Waals surface area contributed by atoms with Crippen LogP contribution in [-0.4, -0.2) is 11.1 Å². The third-order valence-electron chi connectivity index (χ3n) is 2.52. The van der Waals surface area contributed by atoms with Crippen molar-refractivity contribution >= 4 is 46.4 Å².